The van der Waals surface area contributed by atoms with E-state index in [1.165, 1.54) is 11.3 Å². The molecule has 4 amide bonds. The van der Waals surface area contributed by atoms with Gasteiger partial charge < -0.3 is 14.6 Å². The number of benzene rings is 1. The van der Waals surface area contributed by atoms with E-state index in [1.807, 2.05) is 24.3 Å². The second kappa shape index (κ2) is 9.87. The molecule has 1 atom stereocenters. The van der Waals surface area contributed by atoms with E-state index in [0.717, 1.165) is 29.7 Å². The zero-order valence-corrected chi connectivity index (χ0v) is 19.7. The second-order valence-electron chi connectivity index (χ2n) is 8.72. The van der Waals surface area contributed by atoms with Crippen molar-refractivity contribution >= 4 is 45.9 Å². The standard InChI is InChI=1S/C24H25N5O5S/c30-20-16(5-3-9-25-20)21(31)27-28-22(32)17-13-35-23(26-17)14-7-10-29(11-8-14)24(33)19-12-15-4-1-2-6-18(15)34-19/h1-2,4,6,12-14,16H,3,5,7-11H2,(H,25,30)(H,27,31)(H,28,32). The van der Waals surface area contributed by atoms with Gasteiger partial charge >= 0.3 is 0 Å². The summed E-state index contributed by atoms with van der Waals surface area (Å²) in [7, 11) is 0. The van der Waals surface area contributed by atoms with E-state index >= 15 is 0 Å². The van der Waals surface area contributed by atoms with Crippen LogP contribution in [-0.4, -0.2) is 53.1 Å². The molecule has 0 aliphatic carbocycles. The normalized spacial score (nSPS) is 18.8. The highest BCUT2D eigenvalue weighted by molar-refractivity contribution is 7.09. The summed E-state index contributed by atoms with van der Waals surface area (Å²) in [6.45, 7) is 1.70. The number of thiazole rings is 1. The van der Waals surface area contributed by atoms with Crippen molar-refractivity contribution in [1.82, 2.24) is 26.1 Å². The van der Waals surface area contributed by atoms with Gasteiger partial charge in [0.1, 0.15) is 17.2 Å². The fourth-order valence-corrected chi connectivity index (χ4v) is 5.42. The number of carbonyl (C=O) groups excluding carboxylic acids is 4. The van der Waals surface area contributed by atoms with Gasteiger partial charge in [0.05, 0.1) is 5.01 Å². The molecule has 0 spiro atoms. The summed E-state index contributed by atoms with van der Waals surface area (Å²) in [6, 6.07) is 9.30. The molecule has 3 aromatic rings. The second-order valence-corrected chi connectivity index (χ2v) is 9.60. The topological polar surface area (TPSA) is 134 Å². The third-order valence-corrected chi connectivity index (χ3v) is 7.43. The number of piperidine rings is 2. The number of rotatable bonds is 4. The molecule has 0 saturated carbocycles. The molecule has 11 heteroatoms. The molecule has 2 aromatic heterocycles. The predicted molar refractivity (Wildman–Crippen MR) is 128 cm³/mol. The number of hydrogen-bond donors (Lipinski definition) is 3. The highest BCUT2D eigenvalue weighted by Gasteiger charge is 2.30. The van der Waals surface area contributed by atoms with Crippen LogP contribution in [0.3, 0.4) is 0 Å². The lowest BCUT2D eigenvalue weighted by Crippen LogP contribution is -2.50. The summed E-state index contributed by atoms with van der Waals surface area (Å²) in [6.07, 6.45) is 2.63. The number of furan rings is 1. The molecule has 3 N–H and O–H groups in total. The molecular weight excluding hydrogens is 470 g/mol. The van der Waals surface area contributed by atoms with Gasteiger partial charge in [0.25, 0.3) is 17.7 Å². The summed E-state index contributed by atoms with van der Waals surface area (Å²) in [5.41, 5.74) is 5.57. The van der Waals surface area contributed by atoms with Gasteiger partial charge in [0, 0.05) is 36.3 Å². The first-order valence-electron chi connectivity index (χ1n) is 11.6. The highest BCUT2D eigenvalue weighted by Crippen LogP contribution is 2.31. The Morgan fingerprint density at radius 3 is 2.69 bits per heavy atom. The van der Waals surface area contributed by atoms with Crippen LogP contribution in [0.4, 0.5) is 0 Å². The lowest BCUT2D eigenvalue weighted by molar-refractivity contribution is -0.137. The Labute approximate surface area is 205 Å². The van der Waals surface area contributed by atoms with E-state index in [4.69, 9.17) is 4.42 Å². The number of amides is 4. The van der Waals surface area contributed by atoms with E-state index in [1.54, 1.807) is 16.3 Å². The van der Waals surface area contributed by atoms with Crippen LogP contribution in [0.25, 0.3) is 11.0 Å². The van der Waals surface area contributed by atoms with Crippen LogP contribution in [0.1, 0.15) is 57.7 Å². The van der Waals surface area contributed by atoms with Crippen LogP contribution >= 0.6 is 11.3 Å². The van der Waals surface area contributed by atoms with Gasteiger partial charge in [-0.1, -0.05) is 18.2 Å². The van der Waals surface area contributed by atoms with Crippen LogP contribution in [-0.2, 0) is 9.59 Å². The zero-order chi connectivity index (χ0) is 24.4. The number of hydrogen-bond acceptors (Lipinski definition) is 7. The lowest BCUT2D eigenvalue weighted by Gasteiger charge is -2.30. The maximum Gasteiger partial charge on any atom is 0.289 e. The quantitative estimate of drug-likeness (QED) is 0.375. The Morgan fingerprint density at radius 1 is 1.11 bits per heavy atom. The van der Waals surface area contributed by atoms with Gasteiger partial charge in [0.2, 0.25) is 5.91 Å². The molecule has 10 nitrogen and oxygen atoms in total. The van der Waals surface area contributed by atoms with Crippen molar-refractivity contribution in [2.24, 2.45) is 5.92 Å². The molecule has 2 fully saturated rings. The maximum atomic E-state index is 12.9. The summed E-state index contributed by atoms with van der Waals surface area (Å²) >= 11 is 1.39. The van der Waals surface area contributed by atoms with Crippen LogP contribution in [0.2, 0.25) is 0 Å². The largest absolute Gasteiger partial charge is 0.451 e. The molecule has 0 bridgehead atoms. The predicted octanol–water partition coefficient (Wildman–Crippen LogP) is 2.20. The Morgan fingerprint density at radius 2 is 1.91 bits per heavy atom. The third-order valence-electron chi connectivity index (χ3n) is 6.42. The molecule has 2 aliphatic heterocycles. The molecule has 4 heterocycles. The van der Waals surface area contributed by atoms with Gasteiger partial charge in [-0.05, 0) is 37.8 Å². The van der Waals surface area contributed by atoms with Crippen molar-refractivity contribution in [1.29, 1.82) is 0 Å². The number of aromatic nitrogens is 1. The molecule has 2 saturated heterocycles. The van der Waals surface area contributed by atoms with E-state index < -0.39 is 17.7 Å². The van der Waals surface area contributed by atoms with Crippen molar-refractivity contribution in [3.8, 4) is 0 Å². The van der Waals surface area contributed by atoms with Crippen molar-refractivity contribution in [3.05, 3.63) is 52.2 Å². The fourth-order valence-electron chi connectivity index (χ4n) is 4.44. The minimum Gasteiger partial charge on any atom is -0.451 e. The smallest absolute Gasteiger partial charge is 0.289 e. The maximum absolute atomic E-state index is 12.9. The first kappa shape index (κ1) is 23.0. The number of nitrogens with one attached hydrogen (secondary N) is 3. The van der Waals surface area contributed by atoms with E-state index in [-0.39, 0.29) is 23.4 Å². The van der Waals surface area contributed by atoms with Crippen LogP contribution < -0.4 is 16.2 Å². The van der Waals surface area contributed by atoms with E-state index in [2.05, 4.69) is 21.2 Å². The number of hydrazine groups is 1. The lowest BCUT2D eigenvalue weighted by atomic mass is 9.97. The number of nitrogens with zero attached hydrogens (tertiary/aromatic N) is 2. The third kappa shape index (κ3) is 4.90. The van der Waals surface area contributed by atoms with Crippen LogP contribution in [0.5, 0.6) is 0 Å². The van der Waals surface area contributed by atoms with Gasteiger partial charge in [-0.3, -0.25) is 30.0 Å². The van der Waals surface area contributed by atoms with Crippen molar-refractivity contribution < 1.29 is 23.6 Å². The Hall–Kier alpha value is -3.73. The van der Waals surface area contributed by atoms with Gasteiger partial charge in [-0.25, -0.2) is 4.98 Å². The van der Waals surface area contributed by atoms with Gasteiger partial charge in [-0.15, -0.1) is 11.3 Å². The molecule has 35 heavy (non-hydrogen) atoms. The van der Waals surface area contributed by atoms with Crippen LogP contribution in [0, 0.1) is 5.92 Å². The Balaban J connectivity index is 1.13. The average Bonchev–Trinajstić information content (AvgIpc) is 3.55. The van der Waals surface area contributed by atoms with Crippen molar-refractivity contribution in [2.45, 2.75) is 31.6 Å². The first-order valence-corrected chi connectivity index (χ1v) is 12.5. The SMILES string of the molecule is O=C(NNC(=O)C1CCCNC1=O)c1csc(C2CCN(C(=O)c3cc4ccccc4o3)CC2)n1. The molecule has 182 valence electrons. The highest BCUT2D eigenvalue weighted by atomic mass is 32.1. The Bertz CT molecular complexity index is 1240. The van der Waals surface area contributed by atoms with Gasteiger partial charge in [0.15, 0.2) is 5.76 Å². The summed E-state index contributed by atoms with van der Waals surface area (Å²) < 4.78 is 5.71. The number of carbonyl (C=O) groups is 4. The zero-order valence-electron chi connectivity index (χ0n) is 18.9. The summed E-state index contributed by atoms with van der Waals surface area (Å²) in [5.74, 6) is -1.85. The number of para-hydroxylation sites is 1. The molecular formula is C24H25N5O5S. The molecule has 1 aromatic carbocycles. The number of fused-ring (bicyclic) bond motifs is 1. The minimum atomic E-state index is -0.803. The van der Waals surface area contributed by atoms with Crippen molar-refractivity contribution in [3.63, 3.8) is 0 Å². The molecule has 1 unspecified atom stereocenters. The molecule has 2 aliphatic rings. The van der Waals surface area contributed by atoms with E-state index in [0.29, 0.717) is 37.4 Å². The van der Waals surface area contributed by atoms with Crippen LogP contribution in [0.15, 0.2) is 40.1 Å². The number of likely N-dealkylation sites (tertiary alicyclic amines) is 1. The van der Waals surface area contributed by atoms with Gasteiger partial charge in [-0.2, -0.15) is 0 Å². The average molecular weight is 496 g/mol. The minimum absolute atomic E-state index is 0.124. The monoisotopic (exact) mass is 495 g/mol. The van der Waals surface area contributed by atoms with Crippen molar-refractivity contribution in [2.75, 3.05) is 19.6 Å². The molecule has 5 rings (SSSR count). The molecule has 0 radical (unpaired) electrons. The summed E-state index contributed by atoms with van der Waals surface area (Å²) in [4.78, 5) is 55.5. The first-order chi connectivity index (χ1) is 17.0. The summed E-state index contributed by atoms with van der Waals surface area (Å²) in [5, 5.41) is 6.02. The Kier molecular flexibility index (Phi) is 6.49. The van der Waals surface area contributed by atoms with E-state index in [9.17, 15) is 19.2 Å². The fraction of sp³-hybridized carbons (Fsp3) is 0.375.